The zero-order chi connectivity index (χ0) is 16.8. The van der Waals surface area contributed by atoms with E-state index in [4.69, 9.17) is 0 Å². The molecule has 0 aromatic carbocycles. The number of carboxylic acids is 1. The van der Waals surface area contributed by atoms with Crippen LogP contribution in [0.5, 0.6) is 0 Å². The van der Waals surface area contributed by atoms with E-state index in [0.29, 0.717) is 22.7 Å². The van der Waals surface area contributed by atoms with Gasteiger partial charge in [-0.2, -0.15) is 0 Å². The molecule has 24 heavy (non-hydrogen) atoms. The highest BCUT2D eigenvalue weighted by atomic mass is 16.4. The fourth-order valence-electron chi connectivity index (χ4n) is 2.42. The lowest BCUT2D eigenvalue weighted by molar-refractivity contribution is -0.132. The number of pyridine rings is 3. The van der Waals surface area contributed by atoms with E-state index in [9.17, 15) is 9.90 Å². The monoisotopic (exact) mass is 317 g/mol. The fraction of sp³-hybridized carbons (Fsp3) is 0.0526. The highest BCUT2D eigenvalue weighted by Gasteiger charge is 2.20. The number of hydrogen-bond acceptors (Lipinski definition) is 4. The van der Waals surface area contributed by atoms with Gasteiger partial charge >= 0.3 is 5.97 Å². The summed E-state index contributed by atoms with van der Waals surface area (Å²) in [7, 11) is 0. The SMILES string of the molecule is O=C(O)C(Cc1ccccn1)=C(c1ccccn1)c1ccccn1. The summed E-state index contributed by atoms with van der Waals surface area (Å²) in [6.07, 6.45) is 5.12. The molecule has 0 aliphatic rings. The number of hydrogen-bond donors (Lipinski definition) is 1. The number of carboxylic acid groups (broad SMARTS) is 1. The van der Waals surface area contributed by atoms with Crippen LogP contribution < -0.4 is 0 Å². The van der Waals surface area contributed by atoms with Crippen molar-refractivity contribution in [2.24, 2.45) is 0 Å². The summed E-state index contributed by atoms with van der Waals surface area (Å²) in [5.41, 5.74) is 2.55. The van der Waals surface area contributed by atoms with E-state index in [2.05, 4.69) is 15.0 Å². The number of aliphatic carboxylic acids is 1. The fourth-order valence-corrected chi connectivity index (χ4v) is 2.42. The molecule has 118 valence electrons. The maximum atomic E-state index is 12.0. The Morgan fingerprint density at radius 3 is 1.75 bits per heavy atom. The summed E-state index contributed by atoms with van der Waals surface area (Å²) < 4.78 is 0. The van der Waals surface area contributed by atoms with Gasteiger partial charge in [-0.25, -0.2) is 4.79 Å². The van der Waals surface area contributed by atoms with Crippen molar-refractivity contribution in [1.82, 2.24) is 15.0 Å². The van der Waals surface area contributed by atoms with Gasteiger partial charge in [-0.3, -0.25) is 15.0 Å². The van der Waals surface area contributed by atoms with E-state index in [1.807, 2.05) is 18.2 Å². The van der Waals surface area contributed by atoms with Gasteiger partial charge in [-0.05, 0) is 36.4 Å². The Bertz CT molecular complexity index is 806. The van der Waals surface area contributed by atoms with E-state index in [-0.39, 0.29) is 12.0 Å². The van der Waals surface area contributed by atoms with Gasteiger partial charge in [0.15, 0.2) is 0 Å². The van der Waals surface area contributed by atoms with Crippen molar-refractivity contribution in [1.29, 1.82) is 0 Å². The molecule has 0 saturated carbocycles. The van der Waals surface area contributed by atoms with Crippen LogP contribution >= 0.6 is 0 Å². The van der Waals surface area contributed by atoms with Crippen LogP contribution in [-0.2, 0) is 11.2 Å². The third-order valence-electron chi connectivity index (χ3n) is 3.49. The highest BCUT2D eigenvalue weighted by Crippen LogP contribution is 2.26. The third-order valence-corrected chi connectivity index (χ3v) is 3.49. The first-order valence-electron chi connectivity index (χ1n) is 7.45. The van der Waals surface area contributed by atoms with E-state index in [1.165, 1.54) is 0 Å². The molecule has 0 spiro atoms. The summed E-state index contributed by atoms with van der Waals surface area (Å²) in [4.78, 5) is 24.8. The molecule has 1 N–H and O–H groups in total. The Morgan fingerprint density at radius 2 is 1.33 bits per heavy atom. The van der Waals surface area contributed by atoms with Crippen molar-refractivity contribution in [2.75, 3.05) is 0 Å². The lowest BCUT2D eigenvalue weighted by Crippen LogP contribution is -2.10. The minimum atomic E-state index is -1.01. The van der Waals surface area contributed by atoms with E-state index in [1.54, 1.807) is 55.0 Å². The Morgan fingerprint density at radius 1 is 0.792 bits per heavy atom. The molecular formula is C19H15N3O2. The molecule has 0 aliphatic carbocycles. The van der Waals surface area contributed by atoms with Crippen molar-refractivity contribution >= 4 is 11.5 Å². The zero-order valence-electron chi connectivity index (χ0n) is 12.8. The first kappa shape index (κ1) is 15.6. The van der Waals surface area contributed by atoms with Gasteiger partial charge in [0.25, 0.3) is 0 Å². The molecule has 3 heterocycles. The lowest BCUT2D eigenvalue weighted by Gasteiger charge is -2.12. The number of aromatic nitrogens is 3. The molecule has 0 bridgehead atoms. The molecule has 0 aliphatic heterocycles. The van der Waals surface area contributed by atoms with Gasteiger partial charge in [0, 0.05) is 36.3 Å². The largest absolute Gasteiger partial charge is 0.478 e. The summed E-state index contributed by atoms with van der Waals surface area (Å²) >= 11 is 0. The Kier molecular flexibility index (Phi) is 4.72. The predicted octanol–water partition coefficient (Wildman–Crippen LogP) is 3.00. The second kappa shape index (κ2) is 7.28. The van der Waals surface area contributed by atoms with Crippen molar-refractivity contribution < 1.29 is 9.90 Å². The minimum absolute atomic E-state index is 0.193. The predicted molar refractivity (Wildman–Crippen MR) is 90.1 cm³/mol. The molecule has 5 heteroatoms. The normalized spacial score (nSPS) is 10.2. The van der Waals surface area contributed by atoms with Gasteiger partial charge in [-0.1, -0.05) is 18.2 Å². The van der Waals surface area contributed by atoms with Crippen LogP contribution in [0.25, 0.3) is 5.57 Å². The average Bonchev–Trinajstić information content (AvgIpc) is 2.64. The van der Waals surface area contributed by atoms with Crippen molar-refractivity contribution in [3.05, 3.63) is 95.8 Å². The van der Waals surface area contributed by atoms with Crippen LogP contribution in [0.2, 0.25) is 0 Å². The average molecular weight is 317 g/mol. The second-order valence-electron chi connectivity index (χ2n) is 5.09. The van der Waals surface area contributed by atoms with Crippen LogP contribution in [0.15, 0.2) is 78.8 Å². The van der Waals surface area contributed by atoms with Gasteiger partial charge in [0.1, 0.15) is 0 Å². The first-order valence-corrected chi connectivity index (χ1v) is 7.45. The second-order valence-corrected chi connectivity index (χ2v) is 5.09. The standard InChI is InChI=1S/C19H15N3O2/c23-19(24)15(13-14-7-1-4-10-20-14)18(16-8-2-5-11-21-16)17-9-3-6-12-22-17/h1-12H,13H2,(H,23,24). The van der Waals surface area contributed by atoms with Crippen LogP contribution in [0.3, 0.4) is 0 Å². The van der Waals surface area contributed by atoms with E-state index < -0.39 is 5.97 Å². The van der Waals surface area contributed by atoms with Crippen molar-refractivity contribution in [3.63, 3.8) is 0 Å². The summed E-state index contributed by atoms with van der Waals surface area (Å²) in [6, 6.07) is 16.2. The first-order chi connectivity index (χ1) is 11.8. The molecule has 3 aromatic heterocycles. The lowest BCUT2D eigenvalue weighted by atomic mass is 9.96. The quantitative estimate of drug-likeness (QED) is 0.732. The van der Waals surface area contributed by atoms with Gasteiger partial charge in [0.2, 0.25) is 0 Å². The van der Waals surface area contributed by atoms with Gasteiger partial charge in [0.05, 0.1) is 17.0 Å². The highest BCUT2D eigenvalue weighted by molar-refractivity contribution is 6.00. The molecular weight excluding hydrogens is 302 g/mol. The van der Waals surface area contributed by atoms with Gasteiger partial charge in [-0.15, -0.1) is 0 Å². The smallest absolute Gasteiger partial charge is 0.332 e. The van der Waals surface area contributed by atoms with Gasteiger partial charge < -0.3 is 5.11 Å². The molecule has 5 nitrogen and oxygen atoms in total. The number of rotatable bonds is 5. The van der Waals surface area contributed by atoms with E-state index in [0.717, 1.165) is 0 Å². The van der Waals surface area contributed by atoms with Crippen LogP contribution in [0, 0.1) is 0 Å². The molecule has 0 amide bonds. The van der Waals surface area contributed by atoms with Crippen molar-refractivity contribution in [3.8, 4) is 0 Å². The topological polar surface area (TPSA) is 76.0 Å². The number of nitrogens with zero attached hydrogens (tertiary/aromatic N) is 3. The zero-order valence-corrected chi connectivity index (χ0v) is 12.8. The molecule has 0 unspecified atom stereocenters. The molecule has 3 aromatic rings. The molecule has 0 saturated heterocycles. The maximum Gasteiger partial charge on any atom is 0.332 e. The summed E-state index contributed by atoms with van der Waals surface area (Å²) in [6.45, 7) is 0. The van der Waals surface area contributed by atoms with Crippen LogP contribution in [0.1, 0.15) is 17.1 Å². The Balaban J connectivity index is 2.19. The molecule has 3 rings (SSSR count). The molecule has 0 fully saturated rings. The Hall–Kier alpha value is -3.34. The van der Waals surface area contributed by atoms with E-state index >= 15 is 0 Å². The molecule has 0 atom stereocenters. The van der Waals surface area contributed by atoms with Crippen molar-refractivity contribution in [2.45, 2.75) is 6.42 Å². The summed E-state index contributed by atoms with van der Waals surface area (Å²) in [5, 5.41) is 9.79. The number of carbonyl (C=O) groups is 1. The Labute approximate surface area is 139 Å². The van der Waals surface area contributed by atoms with Crippen LogP contribution in [0.4, 0.5) is 0 Å². The molecule has 0 radical (unpaired) electrons. The van der Waals surface area contributed by atoms with Crippen LogP contribution in [-0.4, -0.2) is 26.0 Å². The minimum Gasteiger partial charge on any atom is -0.478 e. The maximum absolute atomic E-state index is 12.0. The third kappa shape index (κ3) is 3.52. The summed E-state index contributed by atoms with van der Waals surface area (Å²) in [5.74, 6) is -1.01.